The molecule has 2 unspecified atom stereocenters. The molecule has 0 bridgehead atoms. The predicted octanol–water partition coefficient (Wildman–Crippen LogP) is 2.10. The summed E-state index contributed by atoms with van der Waals surface area (Å²) in [6.07, 6.45) is 2.93. The van der Waals surface area contributed by atoms with E-state index in [1.165, 1.54) is 0 Å². The number of aliphatic hydroxyl groups is 1. The van der Waals surface area contributed by atoms with Crippen molar-refractivity contribution in [2.75, 3.05) is 6.54 Å². The third-order valence-electron chi connectivity index (χ3n) is 4.36. The van der Waals surface area contributed by atoms with Crippen LogP contribution in [0.5, 0.6) is 0 Å². The van der Waals surface area contributed by atoms with Gasteiger partial charge in [-0.05, 0) is 55.4 Å². The van der Waals surface area contributed by atoms with Gasteiger partial charge in [-0.15, -0.1) is 0 Å². The molecular formula is C15H17F2NO2. The Morgan fingerprint density at radius 1 is 1.40 bits per heavy atom. The largest absolute Gasteiger partial charge is 0.388 e. The van der Waals surface area contributed by atoms with Gasteiger partial charge in [-0.2, -0.15) is 0 Å². The average Bonchev–Trinajstić information content (AvgIpc) is 3.17. The van der Waals surface area contributed by atoms with Gasteiger partial charge in [0, 0.05) is 12.5 Å². The highest BCUT2D eigenvalue weighted by molar-refractivity contribution is 5.83. The fourth-order valence-electron chi connectivity index (χ4n) is 2.77. The van der Waals surface area contributed by atoms with E-state index < -0.39 is 17.2 Å². The molecular weight excluding hydrogens is 264 g/mol. The van der Waals surface area contributed by atoms with Crippen molar-refractivity contribution in [1.82, 2.24) is 5.32 Å². The highest BCUT2D eigenvalue weighted by Crippen LogP contribution is 2.48. The summed E-state index contributed by atoms with van der Waals surface area (Å²) in [5.74, 6) is -1.70. The van der Waals surface area contributed by atoms with Crippen LogP contribution in [0.2, 0.25) is 0 Å². The van der Waals surface area contributed by atoms with Crippen LogP contribution < -0.4 is 5.32 Å². The molecule has 1 amide bonds. The summed E-state index contributed by atoms with van der Waals surface area (Å²) in [4.78, 5) is 11.9. The molecule has 0 aromatic heterocycles. The van der Waals surface area contributed by atoms with Gasteiger partial charge in [0.25, 0.3) is 0 Å². The SMILES string of the molecule is O=C(NCC1(O)CCC1)C1CC1c1cc(F)ccc1F. The highest BCUT2D eigenvalue weighted by Gasteiger charge is 2.46. The van der Waals surface area contributed by atoms with Crippen molar-refractivity contribution in [3.8, 4) is 0 Å². The van der Waals surface area contributed by atoms with Crippen molar-refractivity contribution in [2.24, 2.45) is 5.92 Å². The second-order valence-corrected chi connectivity index (χ2v) is 5.91. The molecule has 2 N–H and O–H groups in total. The Labute approximate surface area is 116 Å². The quantitative estimate of drug-likeness (QED) is 0.888. The van der Waals surface area contributed by atoms with E-state index in [1.54, 1.807) is 0 Å². The predicted molar refractivity (Wildman–Crippen MR) is 69.0 cm³/mol. The van der Waals surface area contributed by atoms with Crippen molar-refractivity contribution in [1.29, 1.82) is 0 Å². The third kappa shape index (κ3) is 2.54. The maximum atomic E-state index is 13.6. The van der Waals surface area contributed by atoms with Crippen molar-refractivity contribution in [2.45, 2.75) is 37.2 Å². The van der Waals surface area contributed by atoms with Crippen LogP contribution in [-0.2, 0) is 4.79 Å². The Morgan fingerprint density at radius 3 is 2.80 bits per heavy atom. The molecule has 3 nitrogen and oxygen atoms in total. The van der Waals surface area contributed by atoms with E-state index in [9.17, 15) is 18.7 Å². The smallest absolute Gasteiger partial charge is 0.223 e. The molecule has 2 saturated carbocycles. The molecule has 0 heterocycles. The number of carbonyl (C=O) groups is 1. The van der Waals surface area contributed by atoms with E-state index >= 15 is 0 Å². The summed E-state index contributed by atoms with van der Waals surface area (Å²) >= 11 is 0. The van der Waals surface area contributed by atoms with Crippen LogP contribution in [0.4, 0.5) is 8.78 Å². The summed E-state index contributed by atoms with van der Waals surface area (Å²) in [6, 6.07) is 3.32. The van der Waals surface area contributed by atoms with Crippen LogP contribution in [0.1, 0.15) is 37.2 Å². The number of benzene rings is 1. The normalized spacial score (nSPS) is 26.8. The molecule has 0 aliphatic heterocycles. The number of halogens is 2. The maximum Gasteiger partial charge on any atom is 0.223 e. The molecule has 20 heavy (non-hydrogen) atoms. The van der Waals surface area contributed by atoms with E-state index in [1.807, 2.05) is 0 Å². The molecule has 3 rings (SSSR count). The van der Waals surface area contributed by atoms with Gasteiger partial charge in [0.05, 0.1) is 5.60 Å². The first kappa shape index (κ1) is 13.5. The van der Waals surface area contributed by atoms with Gasteiger partial charge in [0.2, 0.25) is 5.91 Å². The average molecular weight is 281 g/mol. The van der Waals surface area contributed by atoms with Crippen LogP contribution in [0.3, 0.4) is 0 Å². The van der Waals surface area contributed by atoms with Crippen molar-refractivity contribution in [3.05, 3.63) is 35.4 Å². The zero-order valence-corrected chi connectivity index (χ0v) is 11.0. The van der Waals surface area contributed by atoms with E-state index in [4.69, 9.17) is 0 Å². The lowest BCUT2D eigenvalue weighted by atomic mass is 9.80. The van der Waals surface area contributed by atoms with Crippen LogP contribution in [0.15, 0.2) is 18.2 Å². The fraction of sp³-hybridized carbons (Fsp3) is 0.533. The van der Waals surface area contributed by atoms with Gasteiger partial charge in [-0.3, -0.25) is 4.79 Å². The Hall–Kier alpha value is -1.49. The van der Waals surface area contributed by atoms with Crippen LogP contribution in [-0.4, -0.2) is 23.2 Å². The van der Waals surface area contributed by atoms with Gasteiger partial charge in [0.1, 0.15) is 11.6 Å². The zero-order valence-electron chi connectivity index (χ0n) is 11.0. The zero-order chi connectivity index (χ0) is 14.3. The molecule has 1 aromatic carbocycles. The van der Waals surface area contributed by atoms with Crippen molar-refractivity contribution >= 4 is 5.91 Å². The van der Waals surface area contributed by atoms with Gasteiger partial charge >= 0.3 is 0 Å². The van der Waals surface area contributed by atoms with Gasteiger partial charge in [-0.1, -0.05) is 0 Å². The van der Waals surface area contributed by atoms with Crippen LogP contribution in [0.25, 0.3) is 0 Å². The van der Waals surface area contributed by atoms with Gasteiger partial charge in [-0.25, -0.2) is 8.78 Å². The van der Waals surface area contributed by atoms with Crippen molar-refractivity contribution < 1.29 is 18.7 Å². The molecule has 2 fully saturated rings. The number of hydrogen-bond acceptors (Lipinski definition) is 2. The van der Waals surface area contributed by atoms with E-state index in [2.05, 4.69) is 5.32 Å². The summed E-state index contributed by atoms with van der Waals surface area (Å²) < 4.78 is 26.7. The first-order chi connectivity index (χ1) is 9.48. The molecule has 2 aliphatic rings. The molecule has 0 radical (unpaired) electrons. The van der Waals surface area contributed by atoms with Crippen molar-refractivity contribution in [3.63, 3.8) is 0 Å². The maximum absolute atomic E-state index is 13.6. The number of hydrogen-bond donors (Lipinski definition) is 2. The van der Waals surface area contributed by atoms with E-state index in [0.717, 1.165) is 24.6 Å². The second kappa shape index (κ2) is 4.81. The fourth-order valence-corrected chi connectivity index (χ4v) is 2.77. The second-order valence-electron chi connectivity index (χ2n) is 5.91. The van der Waals surface area contributed by atoms with E-state index in [-0.39, 0.29) is 29.9 Å². The Morgan fingerprint density at radius 2 is 2.15 bits per heavy atom. The van der Waals surface area contributed by atoms with E-state index in [0.29, 0.717) is 19.3 Å². The first-order valence-electron chi connectivity index (χ1n) is 6.94. The van der Waals surface area contributed by atoms with Gasteiger partial charge in [0.15, 0.2) is 0 Å². The summed E-state index contributed by atoms with van der Waals surface area (Å²) in [5, 5.41) is 12.6. The van der Waals surface area contributed by atoms with Gasteiger partial charge < -0.3 is 10.4 Å². The molecule has 5 heteroatoms. The standard InChI is InChI=1S/C15H17F2NO2/c16-9-2-3-13(17)11(6-9)10-7-12(10)14(19)18-8-15(20)4-1-5-15/h2-3,6,10,12,20H,1,4-5,7-8H2,(H,18,19). The summed E-state index contributed by atoms with van der Waals surface area (Å²) in [7, 11) is 0. The third-order valence-corrected chi connectivity index (χ3v) is 4.36. The Kier molecular flexibility index (Phi) is 3.24. The molecule has 108 valence electrons. The highest BCUT2D eigenvalue weighted by atomic mass is 19.1. The minimum absolute atomic E-state index is 0.181. The molecule has 0 saturated heterocycles. The summed E-state index contributed by atoms with van der Waals surface area (Å²) in [6.45, 7) is 0.251. The topological polar surface area (TPSA) is 49.3 Å². The number of carbonyl (C=O) groups excluding carboxylic acids is 1. The van der Waals surface area contributed by atoms with Crippen LogP contribution >= 0.6 is 0 Å². The number of amides is 1. The monoisotopic (exact) mass is 281 g/mol. The lowest BCUT2D eigenvalue weighted by molar-refractivity contribution is -0.124. The number of rotatable bonds is 4. The van der Waals surface area contributed by atoms with Crippen LogP contribution in [0, 0.1) is 17.6 Å². The molecule has 2 atom stereocenters. The minimum atomic E-state index is -0.760. The minimum Gasteiger partial charge on any atom is -0.388 e. The molecule has 2 aliphatic carbocycles. The lowest BCUT2D eigenvalue weighted by Gasteiger charge is -2.36. The summed E-state index contributed by atoms with van der Waals surface area (Å²) in [5.41, 5.74) is -0.489. The molecule has 0 spiro atoms. The Bertz CT molecular complexity index is 543. The number of nitrogens with one attached hydrogen (secondary N) is 1. The lowest BCUT2D eigenvalue weighted by Crippen LogP contribution is -2.48. The first-order valence-corrected chi connectivity index (χ1v) is 6.94. The Balaban J connectivity index is 1.58. The molecule has 1 aromatic rings.